The Morgan fingerprint density at radius 2 is 1.68 bits per heavy atom. The third kappa shape index (κ3) is 3.20. The number of hydrogen-bond donors (Lipinski definition) is 2. The van der Waals surface area contributed by atoms with Gasteiger partial charge in [0.2, 0.25) is 11.8 Å². The van der Waals surface area contributed by atoms with E-state index in [1.807, 2.05) is 11.9 Å². The third-order valence-corrected chi connectivity index (χ3v) is 7.21. The van der Waals surface area contributed by atoms with Crippen molar-refractivity contribution in [1.82, 2.24) is 15.5 Å². The molecule has 4 saturated carbocycles. The molecule has 1 saturated heterocycles. The first-order chi connectivity index (χ1) is 12.1. The lowest BCUT2D eigenvalue weighted by molar-refractivity contribution is -0.160. The Morgan fingerprint density at radius 3 is 2.28 bits per heavy atom. The largest absolute Gasteiger partial charge is 0.354 e. The van der Waals surface area contributed by atoms with E-state index >= 15 is 0 Å². The number of carbonyl (C=O) groups excluding carboxylic acids is 2. The van der Waals surface area contributed by atoms with Crippen LogP contribution in [0.5, 0.6) is 0 Å². The minimum atomic E-state index is -0.227. The fourth-order valence-corrected chi connectivity index (χ4v) is 6.55. The first-order valence-corrected chi connectivity index (χ1v) is 10.3. The van der Waals surface area contributed by atoms with E-state index in [1.165, 1.54) is 19.3 Å². The van der Waals surface area contributed by atoms with Crippen molar-refractivity contribution in [3.63, 3.8) is 0 Å². The summed E-state index contributed by atoms with van der Waals surface area (Å²) in [7, 11) is 1.92. The molecule has 1 heterocycles. The summed E-state index contributed by atoms with van der Waals surface area (Å²) in [6.45, 7) is 2.37. The van der Waals surface area contributed by atoms with Crippen molar-refractivity contribution in [2.45, 2.75) is 63.8 Å². The minimum Gasteiger partial charge on any atom is -0.354 e. The van der Waals surface area contributed by atoms with Crippen LogP contribution >= 0.6 is 0 Å². The Balaban J connectivity index is 1.42. The molecule has 2 N–H and O–H groups in total. The van der Waals surface area contributed by atoms with Gasteiger partial charge in [0.05, 0.1) is 5.41 Å². The van der Waals surface area contributed by atoms with Crippen LogP contribution in [0, 0.1) is 23.2 Å². The summed E-state index contributed by atoms with van der Waals surface area (Å²) in [5, 5.41) is 6.14. The number of carbonyl (C=O) groups is 2. The lowest BCUT2D eigenvalue weighted by atomic mass is 9.49. The standard InChI is InChI=1S/C20H33N3O2/c1-21-5-3-6-22-18(24)17-4-2-7-23(17)19(25)20-11-14-8-15(12-20)10-16(9-14)13-20/h14-17,21H,2-13H2,1H3,(H,22,24). The maximum Gasteiger partial charge on any atom is 0.242 e. The van der Waals surface area contributed by atoms with E-state index in [4.69, 9.17) is 0 Å². The van der Waals surface area contributed by atoms with Crippen LogP contribution in [0.4, 0.5) is 0 Å². The molecule has 5 aliphatic rings. The van der Waals surface area contributed by atoms with Crippen molar-refractivity contribution >= 4 is 11.8 Å². The summed E-state index contributed by atoms with van der Waals surface area (Å²) in [5.41, 5.74) is -0.121. The number of nitrogens with one attached hydrogen (secondary N) is 2. The highest BCUT2D eigenvalue weighted by Gasteiger charge is 2.56. The molecule has 0 spiro atoms. The maximum atomic E-state index is 13.5. The van der Waals surface area contributed by atoms with Crippen LogP contribution in [0.15, 0.2) is 0 Å². The molecule has 5 heteroatoms. The predicted molar refractivity (Wildman–Crippen MR) is 96.9 cm³/mol. The number of likely N-dealkylation sites (tertiary alicyclic amines) is 1. The number of amides is 2. The zero-order valence-corrected chi connectivity index (χ0v) is 15.6. The zero-order chi connectivity index (χ0) is 17.4. The lowest BCUT2D eigenvalue weighted by Gasteiger charge is -2.56. The molecular weight excluding hydrogens is 314 g/mol. The highest BCUT2D eigenvalue weighted by Crippen LogP contribution is 2.60. The second-order valence-electron chi connectivity index (χ2n) is 9.10. The quantitative estimate of drug-likeness (QED) is 0.722. The summed E-state index contributed by atoms with van der Waals surface area (Å²) >= 11 is 0. The smallest absolute Gasteiger partial charge is 0.242 e. The Kier molecular flexibility index (Phi) is 4.78. The summed E-state index contributed by atoms with van der Waals surface area (Å²) in [6.07, 6.45) is 10.0. The molecule has 2 amide bonds. The summed E-state index contributed by atoms with van der Waals surface area (Å²) in [6, 6.07) is -0.227. The lowest BCUT2D eigenvalue weighted by Crippen LogP contribution is -2.57. The number of hydrogen-bond acceptors (Lipinski definition) is 3. The average molecular weight is 348 g/mol. The highest BCUT2D eigenvalue weighted by molar-refractivity contribution is 5.91. The van der Waals surface area contributed by atoms with E-state index in [-0.39, 0.29) is 17.4 Å². The molecule has 0 aromatic heterocycles. The summed E-state index contributed by atoms with van der Waals surface area (Å²) in [4.78, 5) is 28.1. The SMILES string of the molecule is CNCCCNC(=O)C1CCCN1C(=O)C12CC3CC(CC(C3)C1)C2. The Morgan fingerprint density at radius 1 is 1.04 bits per heavy atom. The van der Waals surface area contributed by atoms with E-state index < -0.39 is 0 Å². The van der Waals surface area contributed by atoms with Gasteiger partial charge in [-0.2, -0.15) is 0 Å². The van der Waals surface area contributed by atoms with Gasteiger partial charge in [0.1, 0.15) is 6.04 Å². The van der Waals surface area contributed by atoms with Crippen LogP contribution < -0.4 is 10.6 Å². The molecule has 25 heavy (non-hydrogen) atoms. The number of nitrogens with zero attached hydrogens (tertiary/aromatic N) is 1. The predicted octanol–water partition coefficient (Wildman–Crippen LogP) is 1.92. The topological polar surface area (TPSA) is 61.4 Å². The van der Waals surface area contributed by atoms with Crippen molar-refractivity contribution in [2.24, 2.45) is 23.2 Å². The molecule has 5 fully saturated rings. The van der Waals surface area contributed by atoms with Gasteiger partial charge in [0.25, 0.3) is 0 Å². The molecular formula is C20H33N3O2. The van der Waals surface area contributed by atoms with Gasteiger partial charge in [0, 0.05) is 13.1 Å². The Labute approximate surface area is 151 Å². The molecule has 5 rings (SSSR count). The Hall–Kier alpha value is -1.10. The Bertz CT molecular complexity index is 498. The van der Waals surface area contributed by atoms with Crippen LogP contribution in [0.2, 0.25) is 0 Å². The molecule has 4 bridgehead atoms. The van der Waals surface area contributed by atoms with Gasteiger partial charge in [-0.3, -0.25) is 9.59 Å². The molecule has 0 radical (unpaired) electrons. The van der Waals surface area contributed by atoms with Crippen molar-refractivity contribution in [1.29, 1.82) is 0 Å². The van der Waals surface area contributed by atoms with Crippen molar-refractivity contribution in [3.05, 3.63) is 0 Å². The van der Waals surface area contributed by atoms with Crippen LogP contribution in [0.25, 0.3) is 0 Å². The monoisotopic (exact) mass is 347 g/mol. The maximum absolute atomic E-state index is 13.5. The summed E-state index contributed by atoms with van der Waals surface area (Å²) < 4.78 is 0. The molecule has 1 aliphatic heterocycles. The summed E-state index contributed by atoms with van der Waals surface area (Å²) in [5.74, 6) is 2.69. The van der Waals surface area contributed by atoms with Gasteiger partial charge in [0.15, 0.2) is 0 Å². The molecule has 1 unspecified atom stereocenters. The molecule has 4 aliphatic carbocycles. The molecule has 140 valence electrons. The average Bonchev–Trinajstić information content (AvgIpc) is 3.06. The van der Waals surface area contributed by atoms with E-state index in [0.29, 0.717) is 12.5 Å². The van der Waals surface area contributed by atoms with Gasteiger partial charge >= 0.3 is 0 Å². The van der Waals surface area contributed by atoms with Gasteiger partial charge in [-0.1, -0.05) is 0 Å². The van der Waals surface area contributed by atoms with Crippen molar-refractivity contribution < 1.29 is 9.59 Å². The van der Waals surface area contributed by atoms with Gasteiger partial charge in [-0.05, 0) is 89.1 Å². The van der Waals surface area contributed by atoms with E-state index in [9.17, 15) is 9.59 Å². The van der Waals surface area contributed by atoms with E-state index in [1.54, 1.807) is 0 Å². The molecule has 1 atom stereocenters. The van der Waals surface area contributed by atoms with Crippen LogP contribution in [-0.4, -0.2) is 49.4 Å². The van der Waals surface area contributed by atoms with Gasteiger partial charge in [-0.25, -0.2) is 0 Å². The zero-order valence-electron chi connectivity index (χ0n) is 15.6. The first-order valence-electron chi connectivity index (χ1n) is 10.3. The van der Waals surface area contributed by atoms with Crippen LogP contribution in [-0.2, 0) is 9.59 Å². The van der Waals surface area contributed by atoms with Crippen molar-refractivity contribution in [3.8, 4) is 0 Å². The molecule has 5 nitrogen and oxygen atoms in total. The fourth-order valence-electron chi connectivity index (χ4n) is 6.55. The second-order valence-corrected chi connectivity index (χ2v) is 9.10. The highest BCUT2D eigenvalue weighted by atomic mass is 16.2. The molecule has 0 aromatic rings. The first kappa shape index (κ1) is 17.3. The van der Waals surface area contributed by atoms with Crippen LogP contribution in [0.3, 0.4) is 0 Å². The van der Waals surface area contributed by atoms with E-state index in [2.05, 4.69) is 10.6 Å². The second kappa shape index (κ2) is 6.90. The van der Waals surface area contributed by atoms with Gasteiger partial charge in [-0.15, -0.1) is 0 Å². The number of rotatable bonds is 6. The van der Waals surface area contributed by atoms with Crippen molar-refractivity contribution in [2.75, 3.05) is 26.7 Å². The minimum absolute atomic E-state index is 0.0617. The molecule has 0 aromatic carbocycles. The van der Waals surface area contributed by atoms with E-state index in [0.717, 1.165) is 69.4 Å². The normalized spacial score (nSPS) is 39.0. The third-order valence-electron chi connectivity index (χ3n) is 7.21. The van der Waals surface area contributed by atoms with Crippen LogP contribution in [0.1, 0.15) is 57.8 Å². The fraction of sp³-hybridized carbons (Fsp3) is 0.900. The van der Waals surface area contributed by atoms with Gasteiger partial charge < -0.3 is 15.5 Å².